The number of pyridine rings is 1. The zero-order chi connectivity index (χ0) is 15.8. The average Bonchev–Trinajstić information content (AvgIpc) is 2.53. The van der Waals surface area contributed by atoms with Crippen LogP contribution in [0.4, 0.5) is 10.5 Å². The first kappa shape index (κ1) is 15.3. The Labute approximate surface area is 142 Å². The van der Waals surface area contributed by atoms with Crippen molar-refractivity contribution in [3.8, 4) is 0 Å². The van der Waals surface area contributed by atoms with Crippen LogP contribution in [0.5, 0.6) is 0 Å². The summed E-state index contributed by atoms with van der Waals surface area (Å²) in [5.74, 6) is 4.39. The topological polar surface area (TPSA) is 54.0 Å². The first-order chi connectivity index (χ1) is 11.2. The third-order valence-electron chi connectivity index (χ3n) is 5.94. The van der Waals surface area contributed by atoms with Crippen LogP contribution in [0.15, 0.2) is 24.5 Å². The highest BCUT2D eigenvalue weighted by atomic mass is 32.2. The van der Waals surface area contributed by atoms with E-state index in [-0.39, 0.29) is 6.03 Å². The van der Waals surface area contributed by atoms with Crippen molar-refractivity contribution in [2.24, 2.45) is 23.7 Å². The van der Waals surface area contributed by atoms with Crippen LogP contribution in [-0.4, -0.2) is 28.1 Å². The van der Waals surface area contributed by atoms with E-state index in [0.717, 1.165) is 22.8 Å². The molecule has 23 heavy (non-hydrogen) atoms. The second-order valence-electron chi connectivity index (χ2n) is 7.27. The van der Waals surface area contributed by atoms with Crippen molar-refractivity contribution in [3.05, 3.63) is 24.5 Å². The Balaban J connectivity index is 1.38. The minimum absolute atomic E-state index is 0.0741. The molecule has 1 aromatic rings. The van der Waals surface area contributed by atoms with Gasteiger partial charge in [0.15, 0.2) is 0 Å². The number of carbonyl (C=O) groups excluding carboxylic acids is 1. The maximum atomic E-state index is 12.3. The molecular weight excluding hydrogens is 306 g/mol. The Morgan fingerprint density at radius 1 is 1.22 bits per heavy atom. The van der Waals surface area contributed by atoms with Crippen LogP contribution < -0.4 is 10.6 Å². The summed E-state index contributed by atoms with van der Waals surface area (Å²) in [6, 6.07) is 4.00. The first-order valence-corrected chi connectivity index (χ1v) is 9.88. The van der Waals surface area contributed by atoms with Crippen LogP contribution in [0.2, 0.25) is 0 Å². The second kappa shape index (κ2) is 6.34. The van der Waals surface area contributed by atoms with Gasteiger partial charge in [-0.05, 0) is 67.2 Å². The van der Waals surface area contributed by atoms with Gasteiger partial charge in [0.25, 0.3) is 0 Å². The van der Waals surface area contributed by atoms with Gasteiger partial charge in [0.2, 0.25) is 0 Å². The minimum atomic E-state index is -0.0741. The van der Waals surface area contributed by atoms with Gasteiger partial charge in [-0.1, -0.05) is 6.92 Å². The fourth-order valence-electron chi connectivity index (χ4n) is 5.29. The van der Waals surface area contributed by atoms with E-state index in [1.807, 2.05) is 12.1 Å². The summed E-state index contributed by atoms with van der Waals surface area (Å²) >= 11 is 2.18. The Morgan fingerprint density at radius 2 is 1.91 bits per heavy atom. The molecular formula is C18H25N3OS. The summed E-state index contributed by atoms with van der Waals surface area (Å²) in [4.78, 5) is 16.4. The molecule has 1 heterocycles. The van der Waals surface area contributed by atoms with E-state index in [9.17, 15) is 4.79 Å². The quantitative estimate of drug-likeness (QED) is 0.883. The predicted molar refractivity (Wildman–Crippen MR) is 94.5 cm³/mol. The van der Waals surface area contributed by atoms with E-state index >= 15 is 0 Å². The van der Waals surface area contributed by atoms with Gasteiger partial charge in [0.1, 0.15) is 0 Å². The van der Waals surface area contributed by atoms with E-state index in [2.05, 4.69) is 34.3 Å². The Bertz CT molecular complexity index is 535. The average molecular weight is 331 g/mol. The summed E-state index contributed by atoms with van der Waals surface area (Å²) < 4.78 is 0. The highest BCUT2D eigenvalue weighted by Crippen LogP contribution is 2.57. The molecule has 0 aromatic carbocycles. The fourth-order valence-corrected chi connectivity index (χ4v) is 6.66. The molecule has 4 saturated carbocycles. The summed E-state index contributed by atoms with van der Waals surface area (Å²) in [7, 11) is 0. The number of hydrogen-bond donors (Lipinski definition) is 2. The number of nitrogens with zero attached hydrogens (tertiary/aromatic N) is 1. The third-order valence-corrected chi connectivity index (χ3v) is 7.43. The summed E-state index contributed by atoms with van der Waals surface area (Å²) in [5.41, 5.74) is 0.758. The lowest BCUT2D eigenvalue weighted by molar-refractivity contribution is -0.00280. The number of anilines is 1. The second-order valence-corrected chi connectivity index (χ2v) is 8.72. The van der Waals surface area contributed by atoms with E-state index in [1.165, 1.54) is 31.4 Å². The lowest BCUT2D eigenvalue weighted by Crippen LogP contribution is -2.59. The molecule has 0 saturated heterocycles. The predicted octanol–water partition coefficient (Wildman–Crippen LogP) is 3.76. The molecule has 1 aromatic heterocycles. The van der Waals surface area contributed by atoms with Gasteiger partial charge in [0, 0.05) is 17.5 Å². The molecule has 0 aliphatic heterocycles. The molecule has 4 aliphatic carbocycles. The maximum absolute atomic E-state index is 12.3. The SMILES string of the molecule is CCSC1C2CC3CC1CC(C2)C3NC(=O)Nc1cccnc1. The van der Waals surface area contributed by atoms with Crippen LogP contribution in [-0.2, 0) is 0 Å². The van der Waals surface area contributed by atoms with Gasteiger partial charge in [-0.15, -0.1) is 0 Å². The van der Waals surface area contributed by atoms with E-state index in [0.29, 0.717) is 17.9 Å². The number of urea groups is 1. The summed E-state index contributed by atoms with van der Waals surface area (Å²) in [5, 5.41) is 7.07. The van der Waals surface area contributed by atoms with Crippen molar-refractivity contribution in [1.82, 2.24) is 10.3 Å². The van der Waals surface area contributed by atoms with E-state index in [4.69, 9.17) is 0 Å². The van der Waals surface area contributed by atoms with Crippen LogP contribution in [0.3, 0.4) is 0 Å². The molecule has 4 fully saturated rings. The van der Waals surface area contributed by atoms with Gasteiger partial charge in [0.05, 0.1) is 11.9 Å². The van der Waals surface area contributed by atoms with Crippen LogP contribution in [0, 0.1) is 23.7 Å². The monoisotopic (exact) mass is 331 g/mol. The number of amides is 2. The summed E-state index contributed by atoms with van der Waals surface area (Å²) in [6.45, 7) is 2.28. The van der Waals surface area contributed by atoms with Crippen molar-refractivity contribution in [3.63, 3.8) is 0 Å². The number of thioether (sulfide) groups is 1. The molecule has 124 valence electrons. The third kappa shape index (κ3) is 2.95. The number of hydrogen-bond acceptors (Lipinski definition) is 3. The minimum Gasteiger partial charge on any atom is -0.335 e. The number of nitrogens with one attached hydrogen (secondary N) is 2. The number of aromatic nitrogens is 1. The molecule has 0 unspecified atom stereocenters. The van der Waals surface area contributed by atoms with Crippen LogP contribution in [0.25, 0.3) is 0 Å². The van der Waals surface area contributed by atoms with Crippen molar-refractivity contribution in [1.29, 1.82) is 0 Å². The van der Waals surface area contributed by atoms with Crippen LogP contribution in [0.1, 0.15) is 32.6 Å². The van der Waals surface area contributed by atoms with Gasteiger partial charge in [-0.2, -0.15) is 11.8 Å². The summed E-state index contributed by atoms with van der Waals surface area (Å²) in [6.07, 6.45) is 8.63. The smallest absolute Gasteiger partial charge is 0.319 e. The Kier molecular flexibility index (Phi) is 4.22. The normalized spacial score (nSPS) is 37.6. The molecule has 2 N–H and O–H groups in total. The van der Waals surface area contributed by atoms with Crippen molar-refractivity contribution >= 4 is 23.5 Å². The molecule has 4 aliphatic rings. The maximum Gasteiger partial charge on any atom is 0.319 e. The molecule has 5 rings (SSSR count). The fraction of sp³-hybridized carbons (Fsp3) is 0.667. The van der Waals surface area contributed by atoms with Gasteiger partial charge in [-0.3, -0.25) is 4.98 Å². The molecule has 4 nitrogen and oxygen atoms in total. The van der Waals surface area contributed by atoms with Gasteiger partial charge in [-0.25, -0.2) is 4.79 Å². The lowest BCUT2D eigenvalue weighted by Gasteiger charge is -2.57. The lowest BCUT2D eigenvalue weighted by atomic mass is 9.54. The van der Waals surface area contributed by atoms with Crippen LogP contribution >= 0.6 is 11.8 Å². The molecule has 0 spiro atoms. The largest absolute Gasteiger partial charge is 0.335 e. The Hall–Kier alpha value is -1.23. The molecule has 5 heteroatoms. The molecule has 2 amide bonds. The molecule has 0 radical (unpaired) electrons. The number of rotatable bonds is 4. The van der Waals surface area contributed by atoms with Gasteiger partial charge >= 0.3 is 6.03 Å². The molecule has 4 bridgehead atoms. The zero-order valence-corrected chi connectivity index (χ0v) is 14.4. The van der Waals surface area contributed by atoms with Crippen molar-refractivity contribution in [2.45, 2.75) is 43.9 Å². The highest BCUT2D eigenvalue weighted by molar-refractivity contribution is 7.99. The Morgan fingerprint density at radius 3 is 2.48 bits per heavy atom. The van der Waals surface area contributed by atoms with Crippen molar-refractivity contribution in [2.75, 3.05) is 11.1 Å². The molecule has 0 atom stereocenters. The zero-order valence-electron chi connectivity index (χ0n) is 13.6. The van der Waals surface area contributed by atoms with Crippen molar-refractivity contribution < 1.29 is 4.79 Å². The highest BCUT2D eigenvalue weighted by Gasteiger charge is 2.53. The van der Waals surface area contributed by atoms with Gasteiger partial charge < -0.3 is 10.6 Å². The standard InChI is InChI=1S/C18H25N3OS/c1-2-23-17-13-6-11-7-14(17)9-12(8-13)16(11)21-18(22)20-15-4-3-5-19-10-15/h3-5,10-14,16-17H,2,6-9H2,1H3,(H2,20,21,22). The number of carbonyl (C=O) groups is 1. The van der Waals surface area contributed by atoms with E-state index < -0.39 is 0 Å². The van der Waals surface area contributed by atoms with E-state index in [1.54, 1.807) is 12.4 Å². The first-order valence-electron chi connectivity index (χ1n) is 8.83.